The summed E-state index contributed by atoms with van der Waals surface area (Å²) in [6.07, 6.45) is 7.93. The van der Waals surface area contributed by atoms with Crippen LogP contribution in [-0.2, 0) is 24.2 Å². The van der Waals surface area contributed by atoms with E-state index < -0.39 is 0 Å². The Hall–Kier alpha value is -1.69. The fraction of sp³-hybridized carbons (Fsp3) is 0.611. The summed E-state index contributed by atoms with van der Waals surface area (Å²) in [4.78, 5) is 34.2. The van der Waals surface area contributed by atoms with Crippen LogP contribution in [0.4, 0.5) is 0 Å². The zero-order valence-corrected chi connectivity index (χ0v) is 15.1. The lowest BCUT2D eigenvalue weighted by Gasteiger charge is -2.39. The van der Waals surface area contributed by atoms with E-state index in [1.54, 1.807) is 17.7 Å². The number of thiophene rings is 1. The Kier molecular flexibility index (Phi) is 3.95. The number of hydrogen-bond acceptors (Lipinski definition) is 4. The minimum atomic E-state index is -0.0509. The van der Waals surface area contributed by atoms with Gasteiger partial charge < -0.3 is 4.90 Å². The summed E-state index contributed by atoms with van der Waals surface area (Å²) in [5, 5.41) is 0.752. The second kappa shape index (κ2) is 5.99. The van der Waals surface area contributed by atoms with Crippen molar-refractivity contribution in [2.45, 2.75) is 71.0 Å². The lowest BCUT2D eigenvalue weighted by Crippen LogP contribution is -2.49. The van der Waals surface area contributed by atoms with Gasteiger partial charge in [-0.05, 0) is 57.9 Å². The van der Waals surface area contributed by atoms with Gasteiger partial charge in [0.15, 0.2) is 0 Å². The van der Waals surface area contributed by atoms with E-state index in [2.05, 4.69) is 18.8 Å². The minimum Gasteiger partial charge on any atom is -0.336 e. The number of rotatable bonds is 2. The van der Waals surface area contributed by atoms with E-state index in [0.717, 1.165) is 42.3 Å². The van der Waals surface area contributed by atoms with E-state index in [1.807, 2.05) is 4.90 Å². The number of amides is 1. The quantitative estimate of drug-likeness (QED) is 0.841. The molecule has 1 aliphatic heterocycles. The first kappa shape index (κ1) is 15.8. The number of carbonyl (C=O) groups is 1. The molecule has 1 aliphatic carbocycles. The van der Waals surface area contributed by atoms with Crippen LogP contribution in [0.25, 0.3) is 10.2 Å². The van der Waals surface area contributed by atoms with Crippen LogP contribution in [0.2, 0.25) is 0 Å². The highest BCUT2D eigenvalue weighted by Gasteiger charge is 2.29. The summed E-state index contributed by atoms with van der Waals surface area (Å²) in [5.41, 5.74) is 1.12. The highest BCUT2D eigenvalue weighted by atomic mass is 32.1. The van der Waals surface area contributed by atoms with Crippen molar-refractivity contribution in [3.05, 3.63) is 27.1 Å². The standard InChI is InChI=1S/C18H23N3O2S/c1-11-5-3-6-12(2)21(11)15(22)9-20-10-19-17-16(18(20)23)13-7-4-8-14(13)24-17/h10-12H,3-9H2,1-2H3/t11-,12+. The molecule has 0 aromatic carbocycles. The molecule has 3 heterocycles. The van der Waals surface area contributed by atoms with Gasteiger partial charge in [0.2, 0.25) is 5.91 Å². The Balaban J connectivity index is 1.66. The maximum Gasteiger partial charge on any atom is 0.262 e. The Morgan fingerprint density at radius 2 is 2.00 bits per heavy atom. The number of aromatic nitrogens is 2. The van der Waals surface area contributed by atoms with Crippen molar-refractivity contribution >= 4 is 27.5 Å². The molecule has 2 aliphatic rings. The van der Waals surface area contributed by atoms with Gasteiger partial charge in [0, 0.05) is 17.0 Å². The first-order valence-electron chi connectivity index (χ1n) is 8.87. The molecule has 0 unspecified atom stereocenters. The van der Waals surface area contributed by atoms with Crippen LogP contribution in [0.3, 0.4) is 0 Å². The molecule has 128 valence electrons. The van der Waals surface area contributed by atoms with Crippen molar-refractivity contribution in [2.75, 3.05) is 0 Å². The summed E-state index contributed by atoms with van der Waals surface area (Å²) in [5.74, 6) is 0.0322. The van der Waals surface area contributed by atoms with Crippen molar-refractivity contribution in [3.63, 3.8) is 0 Å². The van der Waals surface area contributed by atoms with Gasteiger partial charge in [0.05, 0.1) is 11.7 Å². The van der Waals surface area contributed by atoms with E-state index in [1.165, 1.54) is 21.4 Å². The summed E-state index contributed by atoms with van der Waals surface area (Å²) < 4.78 is 1.50. The molecule has 6 heteroatoms. The SMILES string of the molecule is C[C@@H]1CCC[C@H](C)N1C(=O)Cn1cnc2sc3c(c2c1=O)CCC3. The van der Waals surface area contributed by atoms with Crippen molar-refractivity contribution in [2.24, 2.45) is 0 Å². The van der Waals surface area contributed by atoms with Gasteiger partial charge in [-0.3, -0.25) is 14.2 Å². The molecule has 4 rings (SSSR count). The largest absolute Gasteiger partial charge is 0.336 e. The molecule has 2 aromatic heterocycles. The smallest absolute Gasteiger partial charge is 0.262 e. The van der Waals surface area contributed by atoms with E-state index in [4.69, 9.17) is 0 Å². The van der Waals surface area contributed by atoms with Crippen LogP contribution < -0.4 is 5.56 Å². The fourth-order valence-electron chi connectivity index (χ4n) is 4.27. The predicted molar refractivity (Wildman–Crippen MR) is 95.5 cm³/mol. The van der Waals surface area contributed by atoms with E-state index >= 15 is 0 Å². The third kappa shape index (κ3) is 2.48. The number of piperidine rings is 1. The molecule has 24 heavy (non-hydrogen) atoms. The van der Waals surface area contributed by atoms with Gasteiger partial charge in [-0.25, -0.2) is 4.98 Å². The van der Waals surface area contributed by atoms with Crippen molar-refractivity contribution in [3.8, 4) is 0 Å². The molecule has 0 N–H and O–H groups in total. The van der Waals surface area contributed by atoms with Gasteiger partial charge in [-0.1, -0.05) is 0 Å². The predicted octanol–water partition coefficient (Wildman–Crippen LogP) is 2.74. The summed E-state index contributed by atoms with van der Waals surface area (Å²) in [6.45, 7) is 4.30. The average Bonchev–Trinajstić information content (AvgIpc) is 3.10. The van der Waals surface area contributed by atoms with Gasteiger partial charge in [-0.15, -0.1) is 11.3 Å². The van der Waals surface area contributed by atoms with Crippen LogP contribution in [0.5, 0.6) is 0 Å². The molecule has 2 aromatic rings. The number of likely N-dealkylation sites (tertiary alicyclic amines) is 1. The lowest BCUT2D eigenvalue weighted by molar-refractivity contribution is -0.138. The van der Waals surface area contributed by atoms with Crippen molar-refractivity contribution in [1.29, 1.82) is 0 Å². The maximum absolute atomic E-state index is 12.9. The topological polar surface area (TPSA) is 55.2 Å². The monoisotopic (exact) mass is 345 g/mol. The summed E-state index contributed by atoms with van der Waals surface area (Å²) in [6, 6.07) is 0.498. The minimum absolute atomic E-state index is 0.0322. The van der Waals surface area contributed by atoms with E-state index in [0.29, 0.717) is 0 Å². The lowest BCUT2D eigenvalue weighted by atomic mass is 9.97. The van der Waals surface area contributed by atoms with Gasteiger partial charge >= 0.3 is 0 Å². The Morgan fingerprint density at radius 1 is 1.25 bits per heavy atom. The molecule has 2 atom stereocenters. The summed E-state index contributed by atoms with van der Waals surface area (Å²) >= 11 is 1.64. The Labute approximate surface area is 145 Å². The number of carbonyl (C=O) groups excluding carboxylic acids is 1. The van der Waals surface area contributed by atoms with Crippen LogP contribution in [0.1, 0.15) is 50.0 Å². The highest BCUT2D eigenvalue weighted by Crippen LogP contribution is 2.34. The molecule has 0 radical (unpaired) electrons. The zero-order valence-electron chi connectivity index (χ0n) is 14.2. The molecule has 1 fully saturated rings. The van der Waals surface area contributed by atoms with Gasteiger partial charge in [0.25, 0.3) is 5.56 Å². The Bertz CT molecular complexity index is 844. The van der Waals surface area contributed by atoms with Crippen molar-refractivity contribution < 1.29 is 4.79 Å². The van der Waals surface area contributed by atoms with E-state index in [-0.39, 0.29) is 30.1 Å². The Morgan fingerprint density at radius 3 is 2.75 bits per heavy atom. The van der Waals surface area contributed by atoms with Crippen LogP contribution >= 0.6 is 11.3 Å². The molecular formula is C18H23N3O2S. The van der Waals surface area contributed by atoms with Crippen LogP contribution in [0.15, 0.2) is 11.1 Å². The maximum atomic E-state index is 12.9. The van der Waals surface area contributed by atoms with Crippen LogP contribution in [-0.4, -0.2) is 32.4 Å². The molecule has 0 bridgehead atoms. The average molecular weight is 345 g/mol. The van der Waals surface area contributed by atoms with Gasteiger partial charge in [-0.2, -0.15) is 0 Å². The molecule has 0 saturated carbocycles. The number of hydrogen-bond donors (Lipinski definition) is 0. The zero-order chi connectivity index (χ0) is 16.8. The van der Waals surface area contributed by atoms with Gasteiger partial charge in [0.1, 0.15) is 11.4 Å². The molecule has 5 nitrogen and oxygen atoms in total. The summed E-state index contributed by atoms with van der Waals surface area (Å²) in [7, 11) is 0. The van der Waals surface area contributed by atoms with Crippen molar-refractivity contribution in [1.82, 2.24) is 14.5 Å². The molecular weight excluding hydrogens is 322 g/mol. The third-order valence-corrected chi connectivity index (χ3v) is 6.68. The van der Waals surface area contributed by atoms with Crippen LogP contribution in [0, 0.1) is 0 Å². The third-order valence-electron chi connectivity index (χ3n) is 5.48. The normalized spacial score (nSPS) is 23.7. The number of fused-ring (bicyclic) bond motifs is 3. The molecule has 0 spiro atoms. The number of aryl methyl sites for hydroxylation is 2. The number of nitrogens with zero attached hydrogens (tertiary/aromatic N) is 3. The first-order chi connectivity index (χ1) is 11.6. The second-order valence-electron chi connectivity index (χ2n) is 7.15. The fourth-order valence-corrected chi connectivity index (χ4v) is 5.49. The molecule has 1 saturated heterocycles. The molecule has 1 amide bonds. The first-order valence-corrected chi connectivity index (χ1v) is 9.68. The highest BCUT2D eigenvalue weighted by molar-refractivity contribution is 7.18. The van der Waals surface area contributed by atoms with E-state index in [9.17, 15) is 9.59 Å². The second-order valence-corrected chi connectivity index (χ2v) is 8.23.